The summed E-state index contributed by atoms with van der Waals surface area (Å²) in [5.41, 5.74) is 0.626. The van der Waals surface area contributed by atoms with E-state index in [0.717, 1.165) is 12.1 Å². The average Bonchev–Trinajstić information content (AvgIpc) is 3.15. The molecule has 1 atom stereocenters. The molecule has 0 saturated heterocycles. The highest BCUT2D eigenvalue weighted by molar-refractivity contribution is 6.76. The van der Waals surface area contributed by atoms with Crippen molar-refractivity contribution in [1.29, 1.82) is 0 Å². The highest BCUT2D eigenvalue weighted by Gasteiger charge is 2.48. The molecule has 1 rings (SSSR count). The Balaban J connectivity index is 2.85. The van der Waals surface area contributed by atoms with Gasteiger partial charge in [-0.05, 0) is 51.2 Å². The molecule has 0 spiro atoms. The molecule has 0 heterocycles. The van der Waals surface area contributed by atoms with Gasteiger partial charge in [0.15, 0.2) is 0 Å². The fourth-order valence-electron chi connectivity index (χ4n) is 4.23. The van der Waals surface area contributed by atoms with Crippen molar-refractivity contribution < 1.29 is 22.5 Å². The van der Waals surface area contributed by atoms with Gasteiger partial charge in [0, 0.05) is 25.9 Å². The number of carbonyl (C=O) groups is 1. The van der Waals surface area contributed by atoms with Gasteiger partial charge in [0.1, 0.15) is 0 Å². The molecule has 1 unspecified atom stereocenters. The van der Waals surface area contributed by atoms with Gasteiger partial charge < -0.3 is 17.7 Å². The fourth-order valence-corrected chi connectivity index (χ4v) is 11.2. The molecule has 0 aromatic carbocycles. The number of hydrogen-bond acceptors (Lipinski definition) is 5. The zero-order chi connectivity index (χ0) is 19.6. The molecule has 1 saturated carbocycles. The lowest BCUT2D eigenvalue weighted by molar-refractivity contribution is -0.139. The molecule has 1 aliphatic rings. The van der Waals surface area contributed by atoms with Gasteiger partial charge in [0.2, 0.25) is 0 Å². The molecule has 0 aromatic rings. The quantitative estimate of drug-likeness (QED) is 0.398. The van der Waals surface area contributed by atoms with Gasteiger partial charge in [-0.3, -0.25) is 4.79 Å². The summed E-state index contributed by atoms with van der Waals surface area (Å²) < 4.78 is 24.1. The molecule has 0 aromatic heterocycles. The van der Waals surface area contributed by atoms with Crippen molar-refractivity contribution in [3.8, 4) is 0 Å². The second-order valence-corrected chi connectivity index (χ2v) is 14.5. The lowest BCUT2D eigenvalue weighted by Crippen LogP contribution is -2.49. The Hall–Kier alpha value is -0.216. The first-order valence-corrected chi connectivity index (χ1v) is 14.9. The number of rotatable bonds is 13. The Kier molecular flexibility index (Phi) is 10.6. The van der Waals surface area contributed by atoms with Crippen LogP contribution in [0.5, 0.6) is 0 Å². The van der Waals surface area contributed by atoms with E-state index < -0.39 is 17.1 Å². The third kappa shape index (κ3) is 6.16. The minimum Gasteiger partial charge on any atom is -0.519 e. The van der Waals surface area contributed by atoms with E-state index in [4.69, 9.17) is 17.7 Å². The van der Waals surface area contributed by atoms with Crippen molar-refractivity contribution in [2.45, 2.75) is 90.9 Å². The van der Waals surface area contributed by atoms with Crippen LogP contribution < -0.4 is 0 Å². The largest absolute Gasteiger partial charge is 0.519 e. The maximum atomic E-state index is 13.0. The Morgan fingerprint density at radius 2 is 1.38 bits per heavy atom. The zero-order valence-electron chi connectivity index (χ0n) is 17.8. The molecule has 0 aliphatic heterocycles. The van der Waals surface area contributed by atoms with E-state index in [1.54, 1.807) is 0 Å². The van der Waals surface area contributed by atoms with Crippen molar-refractivity contribution in [2.24, 2.45) is 5.92 Å². The third-order valence-electron chi connectivity index (χ3n) is 5.65. The SMILES string of the molecule is CCO[Si](CC(C)C(=O)O[Si](CC)(CC)C1CCCC1)(OCC)OCC. The molecular formula is C19H40O5Si2. The molecule has 1 fully saturated rings. The standard InChI is InChI=1S/C19H40O5Si2/c1-7-21-26(22-8-2,23-9-3)16-17(6)19(20)24-25(10-4,11-5)18-14-12-13-15-18/h17-18H,7-16H2,1-6H3. The summed E-state index contributed by atoms with van der Waals surface area (Å²) in [7, 11) is -4.86. The van der Waals surface area contributed by atoms with E-state index >= 15 is 0 Å². The normalized spacial score (nSPS) is 17.5. The van der Waals surface area contributed by atoms with Crippen LogP contribution >= 0.6 is 0 Å². The second kappa shape index (κ2) is 11.6. The van der Waals surface area contributed by atoms with Crippen LogP contribution in [0.2, 0.25) is 23.7 Å². The van der Waals surface area contributed by atoms with Gasteiger partial charge in [-0.15, -0.1) is 0 Å². The van der Waals surface area contributed by atoms with Crippen molar-refractivity contribution in [1.82, 2.24) is 0 Å². The van der Waals surface area contributed by atoms with E-state index in [-0.39, 0.29) is 11.9 Å². The van der Waals surface area contributed by atoms with Crippen LogP contribution in [0.1, 0.15) is 67.2 Å². The molecule has 7 heteroatoms. The molecule has 0 amide bonds. The van der Waals surface area contributed by atoms with Gasteiger partial charge in [-0.1, -0.05) is 33.6 Å². The monoisotopic (exact) mass is 404 g/mol. The summed E-state index contributed by atoms with van der Waals surface area (Å²) in [6, 6.07) is 2.51. The van der Waals surface area contributed by atoms with Crippen LogP contribution in [0, 0.1) is 5.92 Å². The van der Waals surface area contributed by atoms with E-state index in [0.29, 0.717) is 31.4 Å². The summed E-state index contributed by atoms with van der Waals surface area (Å²) in [4.78, 5) is 13.0. The Morgan fingerprint density at radius 3 is 1.77 bits per heavy atom. The van der Waals surface area contributed by atoms with Crippen molar-refractivity contribution in [3.63, 3.8) is 0 Å². The molecule has 0 N–H and O–H groups in total. The highest BCUT2D eigenvalue weighted by Crippen LogP contribution is 2.43. The maximum absolute atomic E-state index is 13.0. The summed E-state index contributed by atoms with van der Waals surface area (Å²) in [5.74, 6) is -0.346. The highest BCUT2D eigenvalue weighted by atomic mass is 28.4. The van der Waals surface area contributed by atoms with Gasteiger partial charge in [-0.2, -0.15) is 0 Å². The van der Waals surface area contributed by atoms with Crippen LogP contribution in [-0.2, 0) is 22.5 Å². The van der Waals surface area contributed by atoms with Crippen LogP contribution in [0.15, 0.2) is 0 Å². The smallest absolute Gasteiger partial charge is 0.501 e. The van der Waals surface area contributed by atoms with Crippen LogP contribution in [-0.4, -0.2) is 42.9 Å². The van der Waals surface area contributed by atoms with Crippen LogP contribution in [0.3, 0.4) is 0 Å². The van der Waals surface area contributed by atoms with Gasteiger partial charge in [0.25, 0.3) is 14.3 Å². The number of carbonyl (C=O) groups excluding carboxylic acids is 1. The minimum absolute atomic E-state index is 0.0803. The molecule has 26 heavy (non-hydrogen) atoms. The molecule has 0 bridgehead atoms. The Morgan fingerprint density at radius 1 is 0.923 bits per heavy atom. The summed E-state index contributed by atoms with van der Waals surface area (Å²) >= 11 is 0. The van der Waals surface area contributed by atoms with Crippen molar-refractivity contribution in [2.75, 3.05) is 19.8 Å². The van der Waals surface area contributed by atoms with Crippen molar-refractivity contribution in [3.05, 3.63) is 0 Å². The van der Waals surface area contributed by atoms with E-state index in [1.165, 1.54) is 25.7 Å². The minimum atomic E-state index is -2.83. The average molecular weight is 405 g/mol. The zero-order valence-corrected chi connectivity index (χ0v) is 19.8. The predicted octanol–water partition coefficient (Wildman–Crippen LogP) is 5.14. The summed E-state index contributed by atoms with van der Waals surface area (Å²) in [6.07, 6.45) is 5.01. The summed E-state index contributed by atoms with van der Waals surface area (Å²) in [6.45, 7) is 13.7. The van der Waals surface area contributed by atoms with E-state index in [9.17, 15) is 4.79 Å². The topological polar surface area (TPSA) is 54.0 Å². The second-order valence-electron chi connectivity index (χ2n) is 7.26. The van der Waals surface area contributed by atoms with Gasteiger partial charge in [-0.25, -0.2) is 0 Å². The van der Waals surface area contributed by atoms with Crippen molar-refractivity contribution >= 4 is 23.1 Å². The summed E-state index contributed by atoms with van der Waals surface area (Å²) in [5, 5.41) is 0. The molecule has 154 valence electrons. The molecule has 5 nitrogen and oxygen atoms in total. The first-order valence-electron chi connectivity index (χ1n) is 10.6. The fraction of sp³-hybridized carbons (Fsp3) is 0.947. The lowest BCUT2D eigenvalue weighted by Gasteiger charge is -2.36. The number of hydrogen-bond donors (Lipinski definition) is 0. The molecular weight excluding hydrogens is 364 g/mol. The Labute approximate surface area is 162 Å². The first kappa shape index (κ1) is 23.8. The van der Waals surface area contributed by atoms with Gasteiger partial charge >= 0.3 is 8.80 Å². The van der Waals surface area contributed by atoms with Crippen LogP contribution in [0.4, 0.5) is 0 Å². The third-order valence-corrected chi connectivity index (χ3v) is 14.0. The van der Waals surface area contributed by atoms with Gasteiger partial charge in [0.05, 0.1) is 5.92 Å². The Bertz CT molecular complexity index is 392. The van der Waals surface area contributed by atoms with E-state index in [2.05, 4.69) is 13.8 Å². The molecule has 1 aliphatic carbocycles. The van der Waals surface area contributed by atoms with Crippen LogP contribution in [0.25, 0.3) is 0 Å². The molecule has 0 radical (unpaired) electrons. The first-order chi connectivity index (χ1) is 12.4. The van der Waals surface area contributed by atoms with E-state index in [1.807, 2.05) is 27.7 Å². The maximum Gasteiger partial charge on any atom is 0.501 e. The lowest BCUT2D eigenvalue weighted by atomic mass is 10.2. The predicted molar refractivity (Wildman–Crippen MR) is 110 cm³/mol.